The number of benzene rings is 1. The highest BCUT2D eigenvalue weighted by molar-refractivity contribution is 5.95. The van der Waals surface area contributed by atoms with Gasteiger partial charge in [-0.3, -0.25) is 4.79 Å². The van der Waals surface area contributed by atoms with E-state index in [4.69, 9.17) is 5.73 Å². The first-order valence-corrected chi connectivity index (χ1v) is 6.12. The lowest BCUT2D eigenvalue weighted by Gasteiger charge is -2.13. The van der Waals surface area contributed by atoms with Crippen LogP contribution in [0.5, 0.6) is 0 Å². The third kappa shape index (κ3) is 3.23. The number of rotatable bonds is 3. The first-order valence-electron chi connectivity index (χ1n) is 6.12. The summed E-state index contributed by atoms with van der Waals surface area (Å²) < 4.78 is 0. The van der Waals surface area contributed by atoms with Crippen molar-refractivity contribution in [2.45, 2.75) is 31.7 Å². The van der Waals surface area contributed by atoms with Crippen LogP contribution in [0, 0.1) is 0 Å². The standard InChI is InChI=1S/C13H17N3O2/c14-12(17)9-4-3-7-11(8-9)16-13(18)15-10-5-1-2-6-10/h3-4,7-8,10H,1-2,5-6H2,(H2,14,17)(H2,15,16,18). The van der Waals surface area contributed by atoms with E-state index in [1.807, 2.05) is 0 Å². The number of carbonyl (C=O) groups is 2. The van der Waals surface area contributed by atoms with Gasteiger partial charge in [0.15, 0.2) is 0 Å². The van der Waals surface area contributed by atoms with E-state index in [2.05, 4.69) is 10.6 Å². The molecular weight excluding hydrogens is 230 g/mol. The molecule has 1 fully saturated rings. The quantitative estimate of drug-likeness (QED) is 0.761. The van der Waals surface area contributed by atoms with Gasteiger partial charge in [-0.15, -0.1) is 0 Å². The van der Waals surface area contributed by atoms with Crippen LogP contribution in [0.3, 0.4) is 0 Å². The number of nitrogens with two attached hydrogens (primary N) is 1. The summed E-state index contributed by atoms with van der Waals surface area (Å²) in [5.74, 6) is -0.505. The predicted molar refractivity (Wildman–Crippen MR) is 69.4 cm³/mol. The van der Waals surface area contributed by atoms with Crippen LogP contribution in [0.15, 0.2) is 24.3 Å². The molecule has 1 aromatic rings. The number of urea groups is 1. The number of carbonyl (C=O) groups excluding carboxylic acids is 2. The Balaban J connectivity index is 1.93. The Kier molecular flexibility index (Phi) is 3.82. The van der Waals surface area contributed by atoms with Gasteiger partial charge in [0.1, 0.15) is 0 Å². The lowest BCUT2D eigenvalue weighted by atomic mass is 10.2. The second-order valence-electron chi connectivity index (χ2n) is 4.52. The monoisotopic (exact) mass is 247 g/mol. The van der Waals surface area contributed by atoms with Crippen LogP contribution in [0.4, 0.5) is 10.5 Å². The molecular formula is C13H17N3O2. The van der Waals surface area contributed by atoms with E-state index < -0.39 is 5.91 Å². The lowest BCUT2D eigenvalue weighted by molar-refractivity contribution is 0.100. The Bertz CT molecular complexity index is 453. The van der Waals surface area contributed by atoms with Crippen LogP contribution in [0.1, 0.15) is 36.0 Å². The van der Waals surface area contributed by atoms with Crippen LogP contribution >= 0.6 is 0 Å². The summed E-state index contributed by atoms with van der Waals surface area (Å²) >= 11 is 0. The number of nitrogens with one attached hydrogen (secondary N) is 2. The largest absolute Gasteiger partial charge is 0.366 e. The minimum Gasteiger partial charge on any atom is -0.366 e. The molecule has 0 radical (unpaired) electrons. The van der Waals surface area contributed by atoms with E-state index in [0.717, 1.165) is 12.8 Å². The maximum atomic E-state index is 11.7. The van der Waals surface area contributed by atoms with Gasteiger partial charge in [0.05, 0.1) is 0 Å². The molecule has 4 N–H and O–H groups in total. The van der Waals surface area contributed by atoms with Crippen molar-refractivity contribution >= 4 is 17.6 Å². The van der Waals surface area contributed by atoms with E-state index in [1.165, 1.54) is 12.8 Å². The molecule has 3 amide bonds. The van der Waals surface area contributed by atoms with Crippen molar-refractivity contribution in [1.82, 2.24) is 5.32 Å². The smallest absolute Gasteiger partial charge is 0.319 e. The van der Waals surface area contributed by atoms with Gasteiger partial charge < -0.3 is 16.4 Å². The zero-order chi connectivity index (χ0) is 13.0. The summed E-state index contributed by atoms with van der Waals surface area (Å²) in [6.07, 6.45) is 4.41. The fourth-order valence-corrected chi connectivity index (χ4v) is 2.17. The second kappa shape index (κ2) is 5.53. The van der Waals surface area contributed by atoms with E-state index >= 15 is 0 Å². The fraction of sp³-hybridized carbons (Fsp3) is 0.385. The molecule has 0 saturated heterocycles. The van der Waals surface area contributed by atoms with Crippen LogP contribution in [0.25, 0.3) is 0 Å². The molecule has 0 heterocycles. The van der Waals surface area contributed by atoms with E-state index in [1.54, 1.807) is 24.3 Å². The SMILES string of the molecule is NC(=O)c1cccc(NC(=O)NC2CCCC2)c1. The second-order valence-corrected chi connectivity index (χ2v) is 4.52. The van der Waals surface area contributed by atoms with Crippen molar-refractivity contribution < 1.29 is 9.59 Å². The maximum absolute atomic E-state index is 11.7. The highest BCUT2D eigenvalue weighted by atomic mass is 16.2. The van der Waals surface area contributed by atoms with Crippen molar-refractivity contribution in [2.75, 3.05) is 5.32 Å². The molecule has 0 spiro atoms. The number of primary amides is 1. The maximum Gasteiger partial charge on any atom is 0.319 e. The summed E-state index contributed by atoms with van der Waals surface area (Å²) in [4.78, 5) is 22.7. The van der Waals surface area contributed by atoms with Crippen molar-refractivity contribution in [3.05, 3.63) is 29.8 Å². The van der Waals surface area contributed by atoms with Crippen LogP contribution in [0.2, 0.25) is 0 Å². The third-order valence-electron chi connectivity index (χ3n) is 3.10. The van der Waals surface area contributed by atoms with Gasteiger partial charge in [0.25, 0.3) is 0 Å². The summed E-state index contributed by atoms with van der Waals surface area (Å²) in [6, 6.07) is 6.62. The van der Waals surface area contributed by atoms with Gasteiger partial charge in [-0.25, -0.2) is 4.79 Å². The van der Waals surface area contributed by atoms with Crippen molar-refractivity contribution in [3.8, 4) is 0 Å². The highest BCUT2D eigenvalue weighted by Crippen LogP contribution is 2.18. The average Bonchev–Trinajstić information content (AvgIpc) is 2.82. The first kappa shape index (κ1) is 12.4. The Morgan fingerprint density at radius 2 is 1.94 bits per heavy atom. The Morgan fingerprint density at radius 1 is 1.22 bits per heavy atom. The van der Waals surface area contributed by atoms with Gasteiger partial charge in [-0.05, 0) is 31.0 Å². The molecule has 0 bridgehead atoms. The van der Waals surface area contributed by atoms with Crippen LogP contribution in [-0.2, 0) is 0 Å². The van der Waals surface area contributed by atoms with E-state index in [-0.39, 0.29) is 12.1 Å². The molecule has 2 rings (SSSR count). The van der Waals surface area contributed by atoms with Crippen molar-refractivity contribution in [3.63, 3.8) is 0 Å². The molecule has 1 aliphatic rings. The molecule has 1 aliphatic carbocycles. The zero-order valence-electron chi connectivity index (χ0n) is 10.1. The number of hydrogen-bond acceptors (Lipinski definition) is 2. The molecule has 1 aromatic carbocycles. The molecule has 0 atom stereocenters. The topological polar surface area (TPSA) is 84.2 Å². The molecule has 5 nitrogen and oxygen atoms in total. The summed E-state index contributed by atoms with van der Waals surface area (Å²) in [5, 5.41) is 5.62. The van der Waals surface area contributed by atoms with E-state index in [9.17, 15) is 9.59 Å². The molecule has 96 valence electrons. The van der Waals surface area contributed by atoms with Crippen LogP contribution in [-0.4, -0.2) is 18.0 Å². The third-order valence-corrected chi connectivity index (χ3v) is 3.10. The Hall–Kier alpha value is -2.04. The summed E-state index contributed by atoms with van der Waals surface area (Å²) in [6.45, 7) is 0. The molecule has 5 heteroatoms. The van der Waals surface area contributed by atoms with Gasteiger partial charge in [-0.2, -0.15) is 0 Å². The molecule has 0 aliphatic heterocycles. The van der Waals surface area contributed by atoms with Crippen LogP contribution < -0.4 is 16.4 Å². The highest BCUT2D eigenvalue weighted by Gasteiger charge is 2.16. The van der Waals surface area contributed by atoms with E-state index in [0.29, 0.717) is 11.3 Å². The van der Waals surface area contributed by atoms with Gasteiger partial charge >= 0.3 is 6.03 Å². The number of hydrogen-bond donors (Lipinski definition) is 3. The minimum absolute atomic E-state index is 0.233. The summed E-state index contributed by atoms with van der Waals surface area (Å²) in [5.41, 5.74) is 6.13. The first-order chi connectivity index (χ1) is 8.65. The van der Waals surface area contributed by atoms with Gasteiger partial charge in [-0.1, -0.05) is 18.9 Å². The average molecular weight is 247 g/mol. The fourth-order valence-electron chi connectivity index (χ4n) is 2.17. The van der Waals surface area contributed by atoms with Gasteiger partial charge in [0.2, 0.25) is 5.91 Å². The zero-order valence-corrected chi connectivity index (χ0v) is 10.1. The number of anilines is 1. The predicted octanol–water partition coefficient (Wildman–Crippen LogP) is 1.85. The minimum atomic E-state index is -0.505. The molecule has 0 aromatic heterocycles. The van der Waals surface area contributed by atoms with Crippen molar-refractivity contribution in [2.24, 2.45) is 5.73 Å². The lowest BCUT2D eigenvalue weighted by Crippen LogP contribution is -2.36. The summed E-state index contributed by atoms with van der Waals surface area (Å²) in [7, 11) is 0. The van der Waals surface area contributed by atoms with Crippen molar-refractivity contribution in [1.29, 1.82) is 0 Å². The molecule has 1 saturated carbocycles. The number of amides is 3. The molecule has 0 unspecified atom stereocenters. The normalized spacial score (nSPS) is 15.3. The molecule has 18 heavy (non-hydrogen) atoms. The van der Waals surface area contributed by atoms with Gasteiger partial charge in [0, 0.05) is 17.3 Å². The Morgan fingerprint density at radius 3 is 2.61 bits per heavy atom. The Labute approximate surface area is 106 Å².